The van der Waals surface area contributed by atoms with Crippen molar-refractivity contribution in [3.63, 3.8) is 0 Å². The Bertz CT molecular complexity index is 543. The number of carbonyl (C=O) groups is 1. The van der Waals surface area contributed by atoms with Crippen LogP contribution in [-0.4, -0.2) is 35.9 Å². The number of carbonyl (C=O) groups excluding carboxylic acids is 1. The molecule has 2 N–H and O–H groups in total. The van der Waals surface area contributed by atoms with Gasteiger partial charge in [0.15, 0.2) is 0 Å². The second kappa shape index (κ2) is 5.78. The number of aliphatic hydroxyl groups is 1. The van der Waals surface area contributed by atoms with Gasteiger partial charge in [-0.3, -0.25) is 4.79 Å². The van der Waals surface area contributed by atoms with Crippen LogP contribution in [0.3, 0.4) is 0 Å². The van der Waals surface area contributed by atoms with Gasteiger partial charge in [-0.1, -0.05) is 6.07 Å². The Morgan fingerprint density at radius 2 is 2.14 bits per heavy atom. The number of hydrogen-bond donors (Lipinski definition) is 2. The van der Waals surface area contributed by atoms with Crippen molar-refractivity contribution >= 4 is 5.91 Å². The van der Waals surface area contributed by atoms with Crippen molar-refractivity contribution < 1.29 is 14.6 Å². The van der Waals surface area contributed by atoms with E-state index in [1.165, 1.54) is 24.0 Å². The highest BCUT2D eigenvalue weighted by molar-refractivity contribution is 5.94. The molecule has 1 fully saturated rings. The summed E-state index contributed by atoms with van der Waals surface area (Å²) in [4.78, 5) is 12.3. The average molecular weight is 289 g/mol. The molecule has 0 saturated carbocycles. The molecule has 1 saturated heterocycles. The van der Waals surface area contributed by atoms with E-state index in [1.54, 1.807) is 0 Å². The molecular weight excluding hydrogens is 266 g/mol. The quantitative estimate of drug-likeness (QED) is 0.892. The van der Waals surface area contributed by atoms with Crippen molar-refractivity contribution in [2.24, 2.45) is 0 Å². The molecule has 0 aromatic heterocycles. The molecule has 1 aromatic carbocycles. The van der Waals surface area contributed by atoms with Crippen molar-refractivity contribution in [1.82, 2.24) is 5.32 Å². The number of ether oxygens (including phenoxy) is 1. The van der Waals surface area contributed by atoms with E-state index < -0.39 is 5.60 Å². The Balaban J connectivity index is 1.65. The molecule has 1 aliphatic heterocycles. The van der Waals surface area contributed by atoms with Gasteiger partial charge in [-0.05, 0) is 55.9 Å². The smallest absolute Gasteiger partial charge is 0.251 e. The van der Waals surface area contributed by atoms with Crippen LogP contribution >= 0.6 is 0 Å². The van der Waals surface area contributed by atoms with Gasteiger partial charge in [-0.15, -0.1) is 0 Å². The molecule has 2 aliphatic rings. The third-order valence-electron chi connectivity index (χ3n) is 4.83. The van der Waals surface area contributed by atoms with Gasteiger partial charge in [0.25, 0.3) is 5.91 Å². The van der Waals surface area contributed by atoms with Crippen LogP contribution in [0.5, 0.6) is 0 Å². The molecule has 1 amide bonds. The van der Waals surface area contributed by atoms with Crippen molar-refractivity contribution in [1.29, 1.82) is 0 Å². The number of rotatable bonds is 3. The van der Waals surface area contributed by atoms with Gasteiger partial charge in [0.05, 0.1) is 6.10 Å². The summed E-state index contributed by atoms with van der Waals surface area (Å²) < 4.78 is 5.38. The Morgan fingerprint density at radius 3 is 2.86 bits per heavy atom. The van der Waals surface area contributed by atoms with Gasteiger partial charge in [-0.2, -0.15) is 0 Å². The SMILES string of the molecule is CC1OCCC1(O)CNC(=O)c1ccc2c(c1)CCCC2. The maximum atomic E-state index is 12.3. The van der Waals surface area contributed by atoms with Gasteiger partial charge < -0.3 is 15.2 Å². The normalized spacial score (nSPS) is 28.2. The van der Waals surface area contributed by atoms with Gasteiger partial charge in [0.2, 0.25) is 0 Å². The summed E-state index contributed by atoms with van der Waals surface area (Å²) in [6.07, 6.45) is 4.95. The Morgan fingerprint density at radius 1 is 1.38 bits per heavy atom. The highest BCUT2D eigenvalue weighted by Crippen LogP contribution is 2.25. The van der Waals surface area contributed by atoms with Gasteiger partial charge in [-0.25, -0.2) is 0 Å². The van der Waals surface area contributed by atoms with Crippen molar-refractivity contribution in [2.75, 3.05) is 13.2 Å². The third-order valence-corrected chi connectivity index (χ3v) is 4.83. The predicted octanol–water partition coefficient (Wildman–Crippen LogP) is 1.84. The minimum atomic E-state index is -0.941. The lowest BCUT2D eigenvalue weighted by molar-refractivity contribution is -0.0251. The van der Waals surface area contributed by atoms with Crippen LogP contribution in [0, 0.1) is 0 Å². The van der Waals surface area contributed by atoms with Crippen LogP contribution in [0.15, 0.2) is 18.2 Å². The molecule has 3 rings (SSSR count). The van der Waals surface area contributed by atoms with Crippen LogP contribution in [0.2, 0.25) is 0 Å². The first kappa shape index (κ1) is 14.5. The standard InChI is InChI=1S/C17H23NO3/c1-12-17(20,8-9-21-12)11-18-16(19)15-7-6-13-4-2-3-5-14(13)10-15/h6-7,10,12,20H,2-5,8-9,11H2,1H3,(H,18,19). The van der Waals surface area contributed by atoms with Gasteiger partial charge in [0, 0.05) is 25.1 Å². The van der Waals surface area contributed by atoms with Crippen molar-refractivity contribution in [2.45, 2.75) is 50.7 Å². The number of amides is 1. The second-order valence-corrected chi connectivity index (χ2v) is 6.24. The number of benzene rings is 1. The van der Waals surface area contributed by atoms with Crippen LogP contribution in [-0.2, 0) is 17.6 Å². The molecule has 0 spiro atoms. The molecule has 1 heterocycles. The van der Waals surface area contributed by atoms with E-state index >= 15 is 0 Å². The molecule has 4 heteroatoms. The van der Waals surface area contributed by atoms with E-state index in [0.717, 1.165) is 12.8 Å². The van der Waals surface area contributed by atoms with Crippen molar-refractivity contribution in [3.8, 4) is 0 Å². The molecule has 4 nitrogen and oxygen atoms in total. The summed E-state index contributed by atoms with van der Waals surface area (Å²) >= 11 is 0. The summed E-state index contributed by atoms with van der Waals surface area (Å²) in [6, 6.07) is 5.96. The summed E-state index contributed by atoms with van der Waals surface area (Å²) in [6.45, 7) is 2.63. The Hall–Kier alpha value is -1.39. The summed E-state index contributed by atoms with van der Waals surface area (Å²) in [7, 11) is 0. The summed E-state index contributed by atoms with van der Waals surface area (Å²) in [5.41, 5.74) is 2.41. The highest BCUT2D eigenvalue weighted by Gasteiger charge is 2.39. The zero-order valence-corrected chi connectivity index (χ0v) is 12.5. The van der Waals surface area contributed by atoms with Gasteiger partial charge >= 0.3 is 0 Å². The van der Waals surface area contributed by atoms with Crippen LogP contribution in [0.4, 0.5) is 0 Å². The fourth-order valence-corrected chi connectivity index (χ4v) is 3.21. The van der Waals surface area contributed by atoms with E-state index in [9.17, 15) is 9.90 Å². The Labute approximate surface area is 125 Å². The molecule has 0 radical (unpaired) electrons. The van der Waals surface area contributed by atoms with Gasteiger partial charge in [0.1, 0.15) is 5.60 Å². The maximum Gasteiger partial charge on any atom is 0.251 e. The maximum absolute atomic E-state index is 12.3. The molecule has 1 aromatic rings. The first-order chi connectivity index (χ1) is 10.1. The first-order valence-electron chi connectivity index (χ1n) is 7.82. The lowest BCUT2D eigenvalue weighted by atomic mass is 9.90. The van der Waals surface area contributed by atoms with E-state index in [2.05, 4.69) is 11.4 Å². The van der Waals surface area contributed by atoms with E-state index in [4.69, 9.17) is 4.74 Å². The number of fused-ring (bicyclic) bond motifs is 1. The number of aryl methyl sites for hydroxylation is 2. The largest absolute Gasteiger partial charge is 0.385 e. The fourth-order valence-electron chi connectivity index (χ4n) is 3.21. The van der Waals surface area contributed by atoms with Crippen molar-refractivity contribution in [3.05, 3.63) is 34.9 Å². The van der Waals surface area contributed by atoms with E-state index in [-0.39, 0.29) is 18.6 Å². The van der Waals surface area contributed by atoms with Crippen LogP contribution in [0.1, 0.15) is 47.7 Å². The lowest BCUT2D eigenvalue weighted by Crippen LogP contribution is -2.47. The molecular formula is C17H23NO3. The third kappa shape index (κ3) is 2.97. The molecule has 0 bridgehead atoms. The van der Waals surface area contributed by atoms with E-state index in [1.807, 2.05) is 19.1 Å². The minimum absolute atomic E-state index is 0.115. The number of hydrogen-bond acceptors (Lipinski definition) is 3. The first-order valence-corrected chi connectivity index (χ1v) is 7.82. The Kier molecular flexibility index (Phi) is 4.00. The summed E-state index contributed by atoms with van der Waals surface area (Å²) in [5, 5.41) is 13.3. The second-order valence-electron chi connectivity index (χ2n) is 6.24. The summed E-state index contributed by atoms with van der Waals surface area (Å²) in [5.74, 6) is -0.115. The van der Waals surface area contributed by atoms with Crippen LogP contribution < -0.4 is 5.32 Å². The zero-order chi connectivity index (χ0) is 14.9. The molecule has 1 aliphatic carbocycles. The fraction of sp³-hybridized carbons (Fsp3) is 0.588. The zero-order valence-electron chi connectivity index (χ0n) is 12.5. The molecule has 2 unspecified atom stereocenters. The predicted molar refractivity (Wildman–Crippen MR) is 80.4 cm³/mol. The number of nitrogens with one attached hydrogen (secondary N) is 1. The average Bonchev–Trinajstić information content (AvgIpc) is 2.84. The monoisotopic (exact) mass is 289 g/mol. The highest BCUT2D eigenvalue weighted by atomic mass is 16.5. The molecule has 114 valence electrons. The topological polar surface area (TPSA) is 58.6 Å². The van der Waals surface area contributed by atoms with Crippen LogP contribution in [0.25, 0.3) is 0 Å². The van der Waals surface area contributed by atoms with E-state index in [0.29, 0.717) is 18.6 Å². The molecule has 2 atom stereocenters. The lowest BCUT2D eigenvalue weighted by Gasteiger charge is -2.26. The molecule has 21 heavy (non-hydrogen) atoms. The minimum Gasteiger partial charge on any atom is -0.385 e.